The van der Waals surface area contributed by atoms with Crippen molar-refractivity contribution in [3.8, 4) is 17.2 Å². The average Bonchev–Trinajstić information content (AvgIpc) is 2.91. The molecule has 0 fully saturated rings. The second kappa shape index (κ2) is 11.8. The van der Waals surface area contributed by atoms with Gasteiger partial charge in [-0.3, -0.25) is 4.79 Å². The molecule has 0 aromatic heterocycles. The molecule has 2 aromatic carbocycles. The molecule has 5 nitrogen and oxygen atoms in total. The van der Waals surface area contributed by atoms with E-state index in [4.69, 9.17) is 30.9 Å². The second-order valence-corrected chi connectivity index (χ2v) is 8.74. The van der Waals surface area contributed by atoms with Gasteiger partial charge in [0.1, 0.15) is 11.5 Å². The van der Waals surface area contributed by atoms with E-state index in [9.17, 15) is 4.79 Å². The number of aliphatic carboxylic acids is 1. The number of halogens is 2. The first-order valence-electron chi connectivity index (χ1n) is 10.2. The molecule has 0 saturated carbocycles. The Kier molecular flexibility index (Phi) is 8.82. The molecular formula is C25H24BrClO5. The van der Waals surface area contributed by atoms with Gasteiger partial charge in [0, 0.05) is 28.4 Å². The van der Waals surface area contributed by atoms with Crippen LogP contribution in [0.3, 0.4) is 0 Å². The number of carbonyl (C=O) groups is 1. The van der Waals surface area contributed by atoms with E-state index in [1.54, 1.807) is 24.3 Å². The van der Waals surface area contributed by atoms with E-state index < -0.39 is 5.97 Å². The summed E-state index contributed by atoms with van der Waals surface area (Å²) in [7, 11) is 0. The van der Waals surface area contributed by atoms with E-state index >= 15 is 0 Å². The van der Waals surface area contributed by atoms with Gasteiger partial charge in [0.2, 0.25) is 0 Å². The molecule has 0 heterocycles. The minimum atomic E-state index is -0.866. The highest BCUT2D eigenvalue weighted by molar-refractivity contribution is 9.11. The van der Waals surface area contributed by atoms with Crippen molar-refractivity contribution in [3.63, 3.8) is 0 Å². The normalized spacial score (nSPS) is 14.4. The zero-order valence-electron chi connectivity index (χ0n) is 17.6. The topological polar surface area (TPSA) is 65.0 Å². The molecule has 0 bridgehead atoms. The maximum absolute atomic E-state index is 10.9. The maximum atomic E-state index is 10.9. The van der Waals surface area contributed by atoms with Gasteiger partial charge in [0.05, 0.1) is 19.1 Å². The van der Waals surface area contributed by atoms with E-state index in [0.717, 1.165) is 10.2 Å². The molecule has 1 atom stereocenters. The van der Waals surface area contributed by atoms with E-state index in [0.29, 0.717) is 47.3 Å². The quantitative estimate of drug-likeness (QED) is 0.357. The Bertz CT molecular complexity index is 1030. The molecule has 1 aliphatic rings. The van der Waals surface area contributed by atoms with Gasteiger partial charge in [-0.15, -0.1) is 0 Å². The molecule has 1 N–H and O–H groups in total. The summed E-state index contributed by atoms with van der Waals surface area (Å²) in [6, 6.07) is 14.7. The van der Waals surface area contributed by atoms with Crippen molar-refractivity contribution < 1.29 is 24.1 Å². The third-order valence-electron chi connectivity index (χ3n) is 4.54. The number of ether oxygens (including phenoxy) is 3. The van der Waals surface area contributed by atoms with E-state index in [1.807, 2.05) is 49.4 Å². The SMILES string of the molecule is CC(CCOC1=CC=C(CC(=O)O)C=C(Br)C1)Oc1ccc(Cl)cc1Oc1ccccc1. The second-order valence-electron chi connectivity index (χ2n) is 7.28. The summed E-state index contributed by atoms with van der Waals surface area (Å²) < 4.78 is 18.8. The van der Waals surface area contributed by atoms with Gasteiger partial charge in [-0.05, 0) is 48.9 Å². The molecule has 7 heteroatoms. The first-order valence-corrected chi connectivity index (χ1v) is 11.4. The minimum Gasteiger partial charge on any atom is -0.497 e. The molecule has 32 heavy (non-hydrogen) atoms. The summed E-state index contributed by atoms with van der Waals surface area (Å²) in [5.41, 5.74) is 0.716. The van der Waals surface area contributed by atoms with Gasteiger partial charge in [0.15, 0.2) is 11.5 Å². The van der Waals surface area contributed by atoms with Crippen molar-refractivity contribution in [2.45, 2.75) is 32.3 Å². The monoisotopic (exact) mass is 518 g/mol. The fraction of sp³-hybridized carbons (Fsp3) is 0.240. The van der Waals surface area contributed by atoms with Crippen LogP contribution >= 0.6 is 27.5 Å². The number of hydrogen-bond acceptors (Lipinski definition) is 4. The number of para-hydroxylation sites is 1. The molecule has 2 aromatic rings. The Balaban J connectivity index is 1.56. The highest BCUT2D eigenvalue weighted by Gasteiger charge is 2.13. The van der Waals surface area contributed by atoms with Crippen LogP contribution < -0.4 is 9.47 Å². The van der Waals surface area contributed by atoms with Crippen LogP contribution in [0.4, 0.5) is 0 Å². The van der Waals surface area contributed by atoms with Crippen LogP contribution in [0, 0.1) is 0 Å². The van der Waals surface area contributed by atoms with Crippen LogP contribution in [0.2, 0.25) is 5.02 Å². The van der Waals surface area contributed by atoms with E-state index in [1.165, 1.54) is 0 Å². The summed E-state index contributed by atoms with van der Waals surface area (Å²) in [6.45, 7) is 2.42. The number of benzene rings is 2. The molecular weight excluding hydrogens is 496 g/mol. The number of hydrogen-bond donors (Lipinski definition) is 1. The fourth-order valence-electron chi connectivity index (χ4n) is 3.02. The Hall–Kier alpha value is -2.70. The number of carboxylic acid groups (broad SMARTS) is 1. The van der Waals surface area contributed by atoms with Crippen LogP contribution in [-0.4, -0.2) is 23.8 Å². The van der Waals surface area contributed by atoms with Crippen LogP contribution in [-0.2, 0) is 9.53 Å². The number of carboxylic acids is 1. The lowest BCUT2D eigenvalue weighted by atomic mass is 10.2. The Morgan fingerprint density at radius 2 is 1.94 bits per heavy atom. The van der Waals surface area contributed by atoms with E-state index in [-0.39, 0.29) is 12.5 Å². The van der Waals surface area contributed by atoms with Crippen molar-refractivity contribution in [1.82, 2.24) is 0 Å². The lowest BCUT2D eigenvalue weighted by Crippen LogP contribution is -2.15. The summed E-state index contributed by atoms with van der Waals surface area (Å²) in [5, 5.41) is 9.55. The minimum absolute atomic E-state index is 0.0295. The molecule has 1 aliphatic carbocycles. The van der Waals surface area contributed by atoms with E-state index in [2.05, 4.69) is 15.9 Å². The van der Waals surface area contributed by atoms with Gasteiger partial charge in [-0.25, -0.2) is 0 Å². The maximum Gasteiger partial charge on any atom is 0.307 e. The first-order chi connectivity index (χ1) is 15.4. The zero-order valence-corrected chi connectivity index (χ0v) is 19.9. The number of allylic oxidation sites excluding steroid dienone is 4. The van der Waals surface area contributed by atoms with Crippen LogP contribution in [0.15, 0.2) is 82.6 Å². The third kappa shape index (κ3) is 7.77. The Morgan fingerprint density at radius 3 is 2.69 bits per heavy atom. The van der Waals surface area contributed by atoms with Gasteiger partial charge >= 0.3 is 5.97 Å². The largest absolute Gasteiger partial charge is 0.497 e. The third-order valence-corrected chi connectivity index (χ3v) is 5.28. The molecule has 0 amide bonds. The van der Waals surface area contributed by atoms with Crippen LogP contribution in [0.5, 0.6) is 17.2 Å². The van der Waals surface area contributed by atoms with Crippen molar-refractivity contribution in [3.05, 3.63) is 87.6 Å². The zero-order chi connectivity index (χ0) is 22.9. The highest BCUT2D eigenvalue weighted by atomic mass is 79.9. The smallest absolute Gasteiger partial charge is 0.307 e. The van der Waals surface area contributed by atoms with Gasteiger partial charge < -0.3 is 19.3 Å². The highest BCUT2D eigenvalue weighted by Crippen LogP contribution is 2.35. The van der Waals surface area contributed by atoms with Crippen molar-refractivity contribution in [2.75, 3.05) is 6.61 Å². The molecule has 168 valence electrons. The summed E-state index contributed by atoms with van der Waals surface area (Å²) in [6.07, 6.45) is 6.48. The lowest BCUT2D eigenvalue weighted by Gasteiger charge is -2.18. The molecule has 0 aliphatic heterocycles. The summed E-state index contributed by atoms with van der Waals surface area (Å²) >= 11 is 9.62. The molecule has 3 rings (SSSR count). The number of rotatable bonds is 10. The van der Waals surface area contributed by atoms with Crippen molar-refractivity contribution >= 4 is 33.5 Å². The van der Waals surface area contributed by atoms with Gasteiger partial charge in [-0.1, -0.05) is 51.8 Å². The lowest BCUT2D eigenvalue weighted by molar-refractivity contribution is -0.136. The summed E-state index contributed by atoms with van der Waals surface area (Å²) in [5.74, 6) is 1.75. The first kappa shape index (κ1) is 24.0. The predicted octanol–water partition coefficient (Wildman–Crippen LogP) is 7.27. The van der Waals surface area contributed by atoms with Crippen LogP contribution in [0.25, 0.3) is 0 Å². The van der Waals surface area contributed by atoms with Crippen molar-refractivity contribution in [2.24, 2.45) is 0 Å². The molecule has 0 spiro atoms. The average molecular weight is 520 g/mol. The van der Waals surface area contributed by atoms with Crippen molar-refractivity contribution in [1.29, 1.82) is 0 Å². The standard InChI is InChI=1S/C25H24BrClO5/c1-17(11-12-30-22-9-7-18(14-25(28)29)13-19(26)15-22)31-23-10-8-20(27)16-24(23)32-21-5-3-2-4-6-21/h2-10,13,16-17H,11-12,14-15H2,1H3,(H,28,29). The van der Waals surface area contributed by atoms with Gasteiger partial charge in [-0.2, -0.15) is 0 Å². The molecule has 0 saturated heterocycles. The fourth-order valence-corrected chi connectivity index (χ4v) is 3.75. The Morgan fingerprint density at radius 1 is 1.16 bits per heavy atom. The van der Waals surface area contributed by atoms with Crippen LogP contribution in [0.1, 0.15) is 26.2 Å². The molecule has 1 unspecified atom stereocenters. The summed E-state index contributed by atoms with van der Waals surface area (Å²) in [4.78, 5) is 10.9. The van der Waals surface area contributed by atoms with Gasteiger partial charge in [0.25, 0.3) is 0 Å². The Labute approximate surface area is 201 Å². The predicted molar refractivity (Wildman–Crippen MR) is 129 cm³/mol. The molecule has 0 radical (unpaired) electrons.